The third-order valence-electron chi connectivity index (χ3n) is 6.92. The van der Waals surface area contributed by atoms with Crippen LogP contribution in [0, 0.1) is 11.7 Å². The molecule has 2 saturated heterocycles. The van der Waals surface area contributed by atoms with E-state index in [0.717, 1.165) is 29.6 Å². The molecule has 0 amide bonds. The number of rotatable bonds is 8. The van der Waals surface area contributed by atoms with Gasteiger partial charge in [0.15, 0.2) is 11.6 Å². The largest absolute Gasteiger partial charge is 0.417 e. The van der Waals surface area contributed by atoms with E-state index in [2.05, 4.69) is 20.3 Å². The lowest BCUT2D eigenvalue weighted by atomic mass is 9.93. The predicted octanol–water partition coefficient (Wildman–Crippen LogP) is 2.24. The molecule has 2 aromatic heterocycles. The number of aliphatic hydroxyl groups excluding tert-OH is 1. The minimum atomic E-state index is -4.64. The standard InChI is InChI=1S/C23H27F6N7O2/c24-19-20(32-7-13-3-4-35(9-18(13)38)15(6-30)10-37)33-12-34-21(19)36-11-22(25,26)5-17(36)16-2-1-14(8-31-16)23(27,28)29/h1-2,8,10,12-13,15,17-18,38H,3-7,9,11,30H2,(H,32,33,34)/t13-,15?,17-,18+/m1/s1. The molecule has 9 nitrogen and oxygen atoms in total. The van der Waals surface area contributed by atoms with Crippen LogP contribution in [0.2, 0.25) is 0 Å². The molecule has 4 atom stereocenters. The molecule has 0 saturated carbocycles. The number of aromatic nitrogens is 3. The summed E-state index contributed by atoms with van der Waals surface area (Å²) in [7, 11) is 0. The highest BCUT2D eigenvalue weighted by molar-refractivity contribution is 5.58. The van der Waals surface area contributed by atoms with Gasteiger partial charge in [-0.3, -0.25) is 9.88 Å². The molecule has 0 aromatic carbocycles. The number of halogens is 6. The summed E-state index contributed by atoms with van der Waals surface area (Å²) in [6.45, 7) is 0.00861. The van der Waals surface area contributed by atoms with Gasteiger partial charge in [0.05, 0.1) is 36.0 Å². The van der Waals surface area contributed by atoms with Gasteiger partial charge < -0.3 is 25.9 Å². The first-order chi connectivity index (χ1) is 17.9. The minimum absolute atomic E-state index is 0.0799. The van der Waals surface area contributed by atoms with Gasteiger partial charge in [0.1, 0.15) is 12.6 Å². The van der Waals surface area contributed by atoms with Crippen LogP contribution in [0.3, 0.4) is 0 Å². The van der Waals surface area contributed by atoms with Gasteiger partial charge in [-0.2, -0.15) is 17.6 Å². The van der Waals surface area contributed by atoms with Crippen LogP contribution in [0.25, 0.3) is 0 Å². The number of β-amino-alcohol motifs (C(OH)–C–C–N with tert-alkyl or cyclic N) is 1. The number of anilines is 2. The third-order valence-corrected chi connectivity index (χ3v) is 6.92. The Morgan fingerprint density at radius 3 is 2.63 bits per heavy atom. The summed E-state index contributed by atoms with van der Waals surface area (Å²) in [5.41, 5.74) is 4.46. The molecule has 4 N–H and O–H groups in total. The number of piperidine rings is 1. The van der Waals surface area contributed by atoms with Crippen molar-refractivity contribution in [2.45, 2.75) is 43.1 Å². The van der Waals surface area contributed by atoms with Crippen LogP contribution < -0.4 is 16.0 Å². The number of likely N-dealkylation sites (tertiary alicyclic amines) is 1. The number of aldehydes is 1. The van der Waals surface area contributed by atoms with Crippen molar-refractivity contribution in [3.8, 4) is 0 Å². The van der Waals surface area contributed by atoms with Crippen molar-refractivity contribution < 1.29 is 36.2 Å². The molecule has 0 bridgehead atoms. The van der Waals surface area contributed by atoms with Crippen molar-refractivity contribution in [2.75, 3.05) is 42.9 Å². The molecule has 1 unspecified atom stereocenters. The minimum Gasteiger partial charge on any atom is -0.391 e. The maximum Gasteiger partial charge on any atom is 0.417 e. The lowest BCUT2D eigenvalue weighted by Gasteiger charge is -2.38. The van der Waals surface area contributed by atoms with Crippen LogP contribution in [0.4, 0.5) is 38.0 Å². The average molecular weight is 548 g/mol. The van der Waals surface area contributed by atoms with Gasteiger partial charge in [0.25, 0.3) is 5.92 Å². The van der Waals surface area contributed by atoms with Gasteiger partial charge in [-0.05, 0) is 25.1 Å². The van der Waals surface area contributed by atoms with E-state index in [-0.39, 0.29) is 37.1 Å². The summed E-state index contributed by atoms with van der Waals surface area (Å²) < 4.78 is 82.9. The topological polar surface area (TPSA) is 120 Å². The van der Waals surface area contributed by atoms with Crippen LogP contribution in [-0.4, -0.2) is 82.0 Å². The summed E-state index contributed by atoms with van der Waals surface area (Å²) in [6, 6.07) is 0.00488. The van der Waals surface area contributed by atoms with E-state index in [1.807, 2.05) is 0 Å². The van der Waals surface area contributed by atoms with Gasteiger partial charge >= 0.3 is 6.18 Å². The molecule has 2 aromatic rings. The highest BCUT2D eigenvalue weighted by atomic mass is 19.4. The number of nitrogens with two attached hydrogens (primary N) is 1. The van der Waals surface area contributed by atoms with E-state index in [4.69, 9.17) is 5.73 Å². The zero-order valence-electron chi connectivity index (χ0n) is 20.1. The third kappa shape index (κ3) is 5.99. The molecular weight excluding hydrogens is 520 g/mol. The lowest BCUT2D eigenvalue weighted by Crippen LogP contribution is -2.52. The van der Waals surface area contributed by atoms with Crippen molar-refractivity contribution in [3.63, 3.8) is 0 Å². The molecular formula is C23H27F6N7O2. The van der Waals surface area contributed by atoms with Crippen molar-refractivity contribution >= 4 is 17.9 Å². The van der Waals surface area contributed by atoms with Crippen molar-refractivity contribution in [1.29, 1.82) is 0 Å². The molecule has 208 valence electrons. The van der Waals surface area contributed by atoms with Gasteiger partial charge in [0.2, 0.25) is 5.82 Å². The maximum atomic E-state index is 15.4. The summed E-state index contributed by atoms with van der Waals surface area (Å²) in [5.74, 6) is -5.31. The number of nitrogens with one attached hydrogen (secondary N) is 1. The number of carbonyl (C=O) groups excluding carboxylic acids is 1. The Kier molecular flexibility index (Phi) is 8.09. The second-order valence-electron chi connectivity index (χ2n) is 9.46. The Morgan fingerprint density at radius 2 is 2.03 bits per heavy atom. The highest BCUT2D eigenvalue weighted by Gasteiger charge is 2.48. The summed E-state index contributed by atoms with van der Waals surface area (Å²) in [6.07, 6.45) is -3.52. The Hall–Kier alpha value is -3.04. The SMILES string of the molecule is NCC(C=O)N1CC[C@H](CNc2ncnc(N3CC(F)(F)C[C@@H]3c3ccc(C(F)(F)F)cn3)c2F)[C@@H](O)C1. The highest BCUT2D eigenvalue weighted by Crippen LogP contribution is 2.44. The Labute approximate surface area is 214 Å². The predicted molar refractivity (Wildman–Crippen MR) is 124 cm³/mol. The van der Waals surface area contributed by atoms with E-state index in [0.29, 0.717) is 19.2 Å². The zero-order chi connectivity index (χ0) is 27.7. The fourth-order valence-corrected chi connectivity index (χ4v) is 4.82. The second-order valence-corrected chi connectivity index (χ2v) is 9.46. The molecule has 4 rings (SSSR count). The zero-order valence-corrected chi connectivity index (χ0v) is 20.1. The smallest absolute Gasteiger partial charge is 0.391 e. The van der Waals surface area contributed by atoms with Crippen LogP contribution in [-0.2, 0) is 11.0 Å². The quantitative estimate of drug-likeness (QED) is 0.338. The first-order valence-electron chi connectivity index (χ1n) is 11.9. The first kappa shape index (κ1) is 28.0. The fourth-order valence-electron chi connectivity index (χ4n) is 4.82. The molecule has 15 heteroatoms. The normalized spacial score (nSPS) is 24.8. The summed E-state index contributed by atoms with van der Waals surface area (Å²) in [5, 5.41) is 13.3. The maximum absolute atomic E-state index is 15.4. The summed E-state index contributed by atoms with van der Waals surface area (Å²) >= 11 is 0. The number of hydrogen-bond donors (Lipinski definition) is 3. The molecule has 38 heavy (non-hydrogen) atoms. The molecule has 2 aliphatic rings. The first-order valence-corrected chi connectivity index (χ1v) is 11.9. The molecule has 2 aliphatic heterocycles. The molecule has 0 radical (unpaired) electrons. The Bertz CT molecular complexity index is 1120. The molecule has 0 spiro atoms. The van der Waals surface area contributed by atoms with Crippen LogP contribution in [0.15, 0.2) is 24.7 Å². The van der Waals surface area contributed by atoms with Crippen LogP contribution in [0.5, 0.6) is 0 Å². The van der Waals surface area contributed by atoms with Gasteiger partial charge in [0, 0.05) is 38.2 Å². The lowest BCUT2D eigenvalue weighted by molar-refractivity contribution is -0.137. The number of carbonyl (C=O) groups is 1. The fraction of sp³-hybridized carbons (Fsp3) is 0.565. The van der Waals surface area contributed by atoms with Gasteiger partial charge in [-0.15, -0.1) is 0 Å². The van der Waals surface area contributed by atoms with E-state index < -0.39 is 60.5 Å². The van der Waals surface area contributed by atoms with E-state index in [9.17, 15) is 31.9 Å². The van der Waals surface area contributed by atoms with Gasteiger partial charge in [-0.25, -0.2) is 18.7 Å². The second kappa shape index (κ2) is 11.0. The average Bonchev–Trinajstić information content (AvgIpc) is 3.19. The molecule has 4 heterocycles. The number of alkyl halides is 5. The van der Waals surface area contributed by atoms with Crippen molar-refractivity contribution in [1.82, 2.24) is 19.9 Å². The summed E-state index contributed by atoms with van der Waals surface area (Å²) in [4.78, 5) is 25.3. The molecule has 0 aliphatic carbocycles. The monoisotopic (exact) mass is 547 g/mol. The number of hydrogen-bond acceptors (Lipinski definition) is 9. The van der Waals surface area contributed by atoms with Crippen LogP contribution >= 0.6 is 0 Å². The van der Waals surface area contributed by atoms with Crippen molar-refractivity contribution in [2.24, 2.45) is 11.7 Å². The number of aliphatic hydroxyl groups is 1. The number of pyridine rings is 1. The number of nitrogens with zero attached hydrogens (tertiary/aromatic N) is 5. The Morgan fingerprint density at radius 1 is 1.26 bits per heavy atom. The Balaban J connectivity index is 1.49. The molecule has 2 fully saturated rings. The van der Waals surface area contributed by atoms with E-state index >= 15 is 4.39 Å². The van der Waals surface area contributed by atoms with E-state index in [1.54, 1.807) is 4.90 Å². The van der Waals surface area contributed by atoms with Crippen LogP contribution in [0.1, 0.15) is 30.1 Å². The van der Waals surface area contributed by atoms with Crippen molar-refractivity contribution in [3.05, 3.63) is 41.7 Å². The van der Waals surface area contributed by atoms with Gasteiger partial charge in [-0.1, -0.05) is 0 Å². The van der Waals surface area contributed by atoms with E-state index in [1.165, 1.54) is 0 Å².